The van der Waals surface area contributed by atoms with Gasteiger partial charge in [-0.15, -0.1) is 11.8 Å². The van der Waals surface area contributed by atoms with Gasteiger partial charge in [0.05, 0.1) is 17.9 Å². The number of thioether (sulfide) groups is 1. The van der Waals surface area contributed by atoms with Gasteiger partial charge < -0.3 is 14.8 Å². The molecule has 4 rings (SSSR count). The Morgan fingerprint density at radius 2 is 2.03 bits per heavy atom. The number of hydrogen-bond acceptors (Lipinski definition) is 6. The molecule has 0 aliphatic carbocycles. The van der Waals surface area contributed by atoms with Crippen molar-refractivity contribution in [3.8, 4) is 11.6 Å². The number of rotatable bonds is 7. The van der Waals surface area contributed by atoms with Gasteiger partial charge in [0.1, 0.15) is 5.75 Å². The Bertz CT molecular complexity index is 945. The largest absolute Gasteiger partial charge is 0.438 e. The molecule has 6 nitrogen and oxygen atoms in total. The third-order valence-corrected chi connectivity index (χ3v) is 5.66. The van der Waals surface area contributed by atoms with E-state index in [4.69, 9.17) is 9.47 Å². The van der Waals surface area contributed by atoms with E-state index in [1.54, 1.807) is 54.6 Å². The van der Waals surface area contributed by atoms with E-state index in [2.05, 4.69) is 15.3 Å². The standard InChI is InChI=1S/C22H21N3O3S/c26-22(19-5-1-2-6-20(19)29-15-18-4-3-13-27-18)25-16-7-9-17(10-8-16)28-21-14-23-11-12-24-21/h1-2,5-12,14,18H,3-4,13,15H2,(H,25,26)/t18-/m1/s1. The van der Waals surface area contributed by atoms with E-state index in [0.717, 1.165) is 30.1 Å². The van der Waals surface area contributed by atoms with Gasteiger partial charge in [0.25, 0.3) is 5.91 Å². The fourth-order valence-electron chi connectivity index (χ4n) is 3.00. The van der Waals surface area contributed by atoms with Crippen LogP contribution >= 0.6 is 11.8 Å². The highest BCUT2D eigenvalue weighted by atomic mass is 32.2. The van der Waals surface area contributed by atoms with Gasteiger partial charge in [0.15, 0.2) is 0 Å². The second-order valence-corrected chi connectivity index (χ2v) is 7.63. The molecule has 1 N–H and O–H groups in total. The van der Waals surface area contributed by atoms with Crippen molar-refractivity contribution in [3.63, 3.8) is 0 Å². The number of hydrogen-bond donors (Lipinski definition) is 1. The minimum atomic E-state index is -0.136. The summed E-state index contributed by atoms with van der Waals surface area (Å²) in [7, 11) is 0. The highest BCUT2D eigenvalue weighted by molar-refractivity contribution is 7.99. The van der Waals surface area contributed by atoms with Crippen LogP contribution in [-0.4, -0.2) is 34.3 Å². The average molecular weight is 407 g/mol. The highest BCUT2D eigenvalue weighted by Gasteiger charge is 2.18. The quantitative estimate of drug-likeness (QED) is 0.568. The van der Waals surface area contributed by atoms with Gasteiger partial charge >= 0.3 is 0 Å². The Morgan fingerprint density at radius 1 is 1.17 bits per heavy atom. The lowest BCUT2D eigenvalue weighted by Gasteiger charge is -2.12. The fraction of sp³-hybridized carbons (Fsp3) is 0.227. The lowest BCUT2D eigenvalue weighted by molar-refractivity contribution is 0.102. The number of amides is 1. The molecule has 1 aliphatic rings. The molecule has 1 amide bonds. The van der Waals surface area contributed by atoms with Gasteiger partial charge in [0.2, 0.25) is 5.88 Å². The normalized spacial score (nSPS) is 15.8. The van der Waals surface area contributed by atoms with Gasteiger partial charge in [-0.25, -0.2) is 4.98 Å². The van der Waals surface area contributed by atoms with Crippen LogP contribution in [0.2, 0.25) is 0 Å². The van der Waals surface area contributed by atoms with Gasteiger partial charge in [-0.05, 0) is 49.2 Å². The first-order valence-electron chi connectivity index (χ1n) is 9.46. The first-order valence-corrected chi connectivity index (χ1v) is 10.5. The Labute approximate surface area is 173 Å². The molecule has 1 saturated heterocycles. The second-order valence-electron chi connectivity index (χ2n) is 6.57. The molecule has 2 aromatic carbocycles. The minimum absolute atomic E-state index is 0.136. The zero-order chi connectivity index (χ0) is 19.9. The molecule has 0 unspecified atom stereocenters. The maximum absolute atomic E-state index is 12.8. The molecule has 29 heavy (non-hydrogen) atoms. The van der Waals surface area contributed by atoms with Crippen molar-refractivity contribution in [2.75, 3.05) is 17.7 Å². The van der Waals surface area contributed by atoms with Crippen LogP contribution < -0.4 is 10.1 Å². The van der Waals surface area contributed by atoms with Gasteiger partial charge in [0, 0.05) is 35.3 Å². The second kappa shape index (κ2) is 9.54. The Morgan fingerprint density at radius 3 is 2.79 bits per heavy atom. The Balaban J connectivity index is 1.38. The van der Waals surface area contributed by atoms with Crippen LogP contribution in [0, 0.1) is 0 Å². The van der Waals surface area contributed by atoms with E-state index in [1.165, 1.54) is 0 Å². The van der Waals surface area contributed by atoms with Crippen molar-refractivity contribution >= 4 is 23.4 Å². The maximum atomic E-state index is 12.8. The number of ether oxygens (including phenoxy) is 2. The summed E-state index contributed by atoms with van der Waals surface area (Å²) in [5, 5.41) is 2.95. The Hall–Kier alpha value is -2.90. The maximum Gasteiger partial charge on any atom is 0.256 e. The monoisotopic (exact) mass is 407 g/mol. The molecule has 0 radical (unpaired) electrons. The number of carbonyl (C=O) groups is 1. The number of nitrogens with one attached hydrogen (secondary N) is 1. The van der Waals surface area contributed by atoms with Crippen LogP contribution in [-0.2, 0) is 4.74 Å². The van der Waals surface area contributed by atoms with E-state index in [0.29, 0.717) is 22.9 Å². The number of aromatic nitrogens is 2. The predicted octanol–water partition coefficient (Wildman–Crippen LogP) is 4.79. The smallest absolute Gasteiger partial charge is 0.256 e. The van der Waals surface area contributed by atoms with E-state index in [1.807, 2.05) is 24.3 Å². The summed E-state index contributed by atoms with van der Waals surface area (Å²) in [6.07, 6.45) is 7.17. The molecule has 1 fully saturated rings. The van der Waals surface area contributed by atoms with Crippen molar-refractivity contribution in [2.45, 2.75) is 23.8 Å². The molecule has 0 bridgehead atoms. The summed E-state index contributed by atoms with van der Waals surface area (Å²) in [6.45, 7) is 0.837. The third kappa shape index (κ3) is 5.34. The molecule has 0 saturated carbocycles. The molecule has 1 aromatic heterocycles. The molecule has 148 valence electrons. The van der Waals surface area contributed by atoms with Crippen molar-refractivity contribution in [1.82, 2.24) is 9.97 Å². The number of carbonyl (C=O) groups excluding carboxylic acids is 1. The summed E-state index contributed by atoms with van der Waals surface area (Å²) in [4.78, 5) is 21.8. The van der Waals surface area contributed by atoms with Crippen LogP contribution in [0.3, 0.4) is 0 Å². The lowest BCUT2D eigenvalue weighted by atomic mass is 10.2. The summed E-state index contributed by atoms with van der Waals surface area (Å²) < 4.78 is 11.3. The van der Waals surface area contributed by atoms with Crippen LogP contribution in [0.15, 0.2) is 72.0 Å². The predicted molar refractivity (Wildman–Crippen MR) is 113 cm³/mol. The van der Waals surface area contributed by atoms with Gasteiger partial charge in [-0.3, -0.25) is 9.78 Å². The summed E-state index contributed by atoms with van der Waals surface area (Å²) >= 11 is 1.67. The highest BCUT2D eigenvalue weighted by Crippen LogP contribution is 2.28. The summed E-state index contributed by atoms with van der Waals surface area (Å²) in [6, 6.07) is 14.8. The topological polar surface area (TPSA) is 73.3 Å². The van der Waals surface area contributed by atoms with Crippen LogP contribution in [0.25, 0.3) is 0 Å². The van der Waals surface area contributed by atoms with Gasteiger partial charge in [-0.2, -0.15) is 0 Å². The van der Waals surface area contributed by atoms with Crippen molar-refractivity contribution in [3.05, 3.63) is 72.7 Å². The first-order chi connectivity index (χ1) is 14.3. The van der Waals surface area contributed by atoms with Crippen LogP contribution in [0.5, 0.6) is 11.6 Å². The number of benzene rings is 2. The number of anilines is 1. The SMILES string of the molecule is O=C(Nc1ccc(Oc2cnccn2)cc1)c1ccccc1SC[C@H]1CCCO1. The van der Waals surface area contributed by atoms with E-state index in [9.17, 15) is 4.79 Å². The minimum Gasteiger partial charge on any atom is -0.438 e. The molecular weight excluding hydrogens is 386 g/mol. The molecule has 0 spiro atoms. The lowest BCUT2D eigenvalue weighted by Crippen LogP contribution is -2.14. The van der Waals surface area contributed by atoms with E-state index in [-0.39, 0.29) is 12.0 Å². The van der Waals surface area contributed by atoms with E-state index < -0.39 is 0 Å². The van der Waals surface area contributed by atoms with E-state index >= 15 is 0 Å². The van der Waals surface area contributed by atoms with Gasteiger partial charge in [-0.1, -0.05) is 12.1 Å². The molecular formula is C22H21N3O3S. The van der Waals surface area contributed by atoms with Crippen molar-refractivity contribution < 1.29 is 14.3 Å². The average Bonchev–Trinajstić information content (AvgIpc) is 3.28. The third-order valence-electron chi connectivity index (χ3n) is 4.45. The van der Waals surface area contributed by atoms with Crippen molar-refractivity contribution in [2.24, 2.45) is 0 Å². The number of nitrogens with zero attached hydrogens (tertiary/aromatic N) is 2. The zero-order valence-electron chi connectivity index (χ0n) is 15.8. The fourth-order valence-corrected chi connectivity index (χ4v) is 4.12. The zero-order valence-corrected chi connectivity index (χ0v) is 16.6. The van der Waals surface area contributed by atoms with Crippen LogP contribution in [0.1, 0.15) is 23.2 Å². The molecule has 1 atom stereocenters. The molecule has 3 aromatic rings. The molecule has 7 heteroatoms. The van der Waals surface area contributed by atoms with Crippen molar-refractivity contribution in [1.29, 1.82) is 0 Å². The summed E-state index contributed by atoms with van der Waals surface area (Å²) in [5.74, 6) is 1.76. The first kappa shape index (κ1) is 19.4. The molecule has 1 aliphatic heterocycles. The Kier molecular flexibility index (Phi) is 6.38. The van der Waals surface area contributed by atoms with Crippen LogP contribution in [0.4, 0.5) is 5.69 Å². The summed E-state index contributed by atoms with van der Waals surface area (Å²) in [5.41, 5.74) is 1.36. The molecule has 2 heterocycles.